The Bertz CT molecular complexity index is 1240. The molecule has 146 valence electrons. The van der Waals surface area contributed by atoms with Crippen LogP contribution in [0.1, 0.15) is 22.5 Å². The van der Waals surface area contributed by atoms with E-state index in [4.69, 9.17) is 4.74 Å². The molecule has 3 aromatic heterocycles. The second kappa shape index (κ2) is 8.50. The van der Waals surface area contributed by atoms with E-state index in [9.17, 15) is 9.59 Å². The molecule has 0 saturated heterocycles. The van der Waals surface area contributed by atoms with E-state index in [1.807, 2.05) is 49.4 Å². The van der Waals surface area contributed by atoms with Gasteiger partial charge in [0.2, 0.25) is 4.96 Å². The summed E-state index contributed by atoms with van der Waals surface area (Å²) in [6.45, 7) is 1.90. The lowest BCUT2D eigenvalue weighted by Crippen LogP contribution is -2.16. The molecule has 6 nitrogen and oxygen atoms in total. The van der Waals surface area contributed by atoms with Crippen LogP contribution < -0.4 is 5.56 Å². The molecular weight excluding hydrogens is 406 g/mol. The monoisotopic (exact) mass is 423 g/mol. The lowest BCUT2D eigenvalue weighted by Gasteiger charge is -2.01. The molecule has 0 atom stereocenters. The Balaban J connectivity index is 1.39. The van der Waals surface area contributed by atoms with E-state index in [-0.39, 0.29) is 12.2 Å². The quantitative estimate of drug-likeness (QED) is 0.343. The molecule has 0 amide bonds. The molecule has 8 heteroatoms. The first kappa shape index (κ1) is 19.2. The average Bonchev–Trinajstić information content (AvgIpc) is 3.38. The lowest BCUT2D eigenvalue weighted by molar-refractivity contribution is -0.139. The van der Waals surface area contributed by atoms with Gasteiger partial charge in [-0.3, -0.25) is 4.79 Å². The minimum atomic E-state index is -0.486. The van der Waals surface area contributed by atoms with Crippen LogP contribution in [0.25, 0.3) is 21.5 Å². The predicted octanol–water partition coefficient (Wildman–Crippen LogP) is 4.20. The fraction of sp³-hybridized carbons (Fsp3) is 0.143. The summed E-state index contributed by atoms with van der Waals surface area (Å²) in [4.78, 5) is 31.1. The normalized spacial score (nSPS) is 11.3. The maximum atomic E-state index is 12.1. The number of hydrogen-bond donors (Lipinski definition) is 0. The molecule has 4 rings (SSSR count). The number of carbonyl (C=O) groups is 1. The molecule has 0 N–H and O–H groups in total. The smallest absolute Gasteiger partial charge is 0.331 e. The topological polar surface area (TPSA) is 73.6 Å². The minimum absolute atomic E-state index is 0.0615. The van der Waals surface area contributed by atoms with Crippen molar-refractivity contribution in [3.63, 3.8) is 0 Å². The van der Waals surface area contributed by atoms with Crippen molar-refractivity contribution in [3.8, 4) is 10.4 Å². The molecule has 1 aromatic carbocycles. The fourth-order valence-corrected chi connectivity index (χ4v) is 4.43. The van der Waals surface area contributed by atoms with E-state index in [1.165, 1.54) is 28.0 Å². The zero-order chi connectivity index (χ0) is 20.2. The lowest BCUT2D eigenvalue weighted by atomic mass is 10.2. The maximum absolute atomic E-state index is 12.1. The second-order valence-electron chi connectivity index (χ2n) is 6.14. The molecule has 3 heterocycles. The van der Waals surface area contributed by atoms with Crippen molar-refractivity contribution in [2.24, 2.45) is 0 Å². The zero-order valence-corrected chi connectivity index (χ0v) is 17.2. The van der Waals surface area contributed by atoms with E-state index in [0.29, 0.717) is 10.7 Å². The number of aromatic nitrogens is 3. The average molecular weight is 424 g/mol. The summed E-state index contributed by atoms with van der Waals surface area (Å²) in [5.74, 6) is -0.486. The van der Waals surface area contributed by atoms with Crippen LogP contribution in [0, 0.1) is 0 Å². The van der Waals surface area contributed by atoms with E-state index >= 15 is 0 Å². The number of nitrogens with zero attached hydrogens (tertiary/aromatic N) is 3. The Labute approximate surface area is 174 Å². The van der Waals surface area contributed by atoms with Gasteiger partial charge >= 0.3 is 5.97 Å². The summed E-state index contributed by atoms with van der Waals surface area (Å²) >= 11 is 2.95. The Morgan fingerprint density at radius 2 is 2.00 bits per heavy atom. The van der Waals surface area contributed by atoms with Gasteiger partial charge < -0.3 is 4.74 Å². The van der Waals surface area contributed by atoms with Crippen molar-refractivity contribution in [3.05, 3.63) is 80.5 Å². The minimum Gasteiger partial charge on any atom is -0.456 e. The summed E-state index contributed by atoms with van der Waals surface area (Å²) in [6, 6.07) is 15.4. The van der Waals surface area contributed by atoms with Crippen LogP contribution >= 0.6 is 22.7 Å². The van der Waals surface area contributed by atoms with Gasteiger partial charge in [0.05, 0.1) is 5.69 Å². The van der Waals surface area contributed by atoms with E-state index < -0.39 is 5.97 Å². The number of hydrogen-bond acceptors (Lipinski definition) is 7. The molecule has 0 aliphatic heterocycles. The number of fused-ring (bicyclic) bond motifs is 1. The van der Waals surface area contributed by atoms with Gasteiger partial charge in [0.25, 0.3) is 5.56 Å². The molecular formula is C21H17N3O3S2. The van der Waals surface area contributed by atoms with Crippen molar-refractivity contribution >= 4 is 39.7 Å². The van der Waals surface area contributed by atoms with Gasteiger partial charge in [-0.15, -0.1) is 11.3 Å². The molecule has 0 saturated carbocycles. The number of rotatable bonds is 6. The third-order valence-electron chi connectivity index (χ3n) is 4.07. The van der Waals surface area contributed by atoms with Gasteiger partial charge in [-0.05, 0) is 30.2 Å². The molecule has 0 radical (unpaired) electrons. The van der Waals surface area contributed by atoms with Crippen molar-refractivity contribution in [2.75, 3.05) is 0 Å². The molecule has 0 aliphatic carbocycles. The Morgan fingerprint density at radius 1 is 1.17 bits per heavy atom. The number of aryl methyl sites for hydroxylation is 1. The summed E-state index contributed by atoms with van der Waals surface area (Å²) in [7, 11) is 0. The van der Waals surface area contributed by atoms with Gasteiger partial charge in [-0.1, -0.05) is 48.6 Å². The summed E-state index contributed by atoms with van der Waals surface area (Å²) in [6.07, 6.45) is 3.84. The molecule has 0 aliphatic rings. The third-order valence-corrected chi connectivity index (χ3v) is 6.23. The highest BCUT2D eigenvalue weighted by Gasteiger charge is 2.09. The maximum Gasteiger partial charge on any atom is 0.331 e. The van der Waals surface area contributed by atoms with Crippen LogP contribution in [0.2, 0.25) is 0 Å². The molecule has 0 bridgehead atoms. The van der Waals surface area contributed by atoms with Crippen molar-refractivity contribution in [1.82, 2.24) is 14.6 Å². The highest BCUT2D eigenvalue weighted by molar-refractivity contribution is 7.16. The molecule has 4 aromatic rings. The highest BCUT2D eigenvalue weighted by atomic mass is 32.1. The summed E-state index contributed by atoms with van der Waals surface area (Å²) < 4.78 is 6.50. The van der Waals surface area contributed by atoms with E-state index in [0.717, 1.165) is 26.7 Å². The molecule has 0 fully saturated rings. The van der Waals surface area contributed by atoms with Crippen LogP contribution in [0.4, 0.5) is 0 Å². The number of benzene rings is 1. The van der Waals surface area contributed by atoms with E-state index in [1.54, 1.807) is 17.4 Å². The van der Waals surface area contributed by atoms with Crippen LogP contribution in [-0.4, -0.2) is 20.6 Å². The Hall–Kier alpha value is -3.10. The van der Waals surface area contributed by atoms with Crippen molar-refractivity contribution in [2.45, 2.75) is 20.0 Å². The van der Waals surface area contributed by atoms with Crippen LogP contribution in [0.3, 0.4) is 0 Å². The number of carbonyl (C=O) groups excluding carboxylic acids is 1. The van der Waals surface area contributed by atoms with Gasteiger partial charge in [-0.25, -0.2) is 9.78 Å². The largest absolute Gasteiger partial charge is 0.456 e. The van der Waals surface area contributed by atoms with E-state index in [2.05, 4.69) is 10.1 Å². The summed E-state index contributed by atoms with van der Waals surface area (Å²) in [5.41, 5.74) is 1.27. The van der Waals surface area contributed by atoms with Gasteiger partial charge in [-0.2, -0.15) is 9.61 Å². The third kappa shape index (κ3) is 4.49. The van der Waals surface area contributed by atoms with Crippen LogP contribution in [0.15, 0.2) is 59.4 Å². The van der Waals surface area contributed by atoms with Gasteiger partial charge in [0.15, 0.2) is 0 Å². The van der Waals surface area contributed by atoms with Crippen molar-refractivity contribution in [1.29, 1.82) is 0 Å². The molecule has 0 unspecified atom stereocenters. The van der Waals surface area contributed by atoms with Gasteiger partial charge in [0.1, 0.15) is 11.6 Å². The standard InChI is InChI=1S/C21H17N3O3S2/c1-2-18-23-24-19(25)12-15(22-21(24)29-18)13-27-20(26)11-9-16-8-10-17(28-16)14-6-4-3-5-7-14/h3-12H,2,13H2,1H3/b11-9+. The van der Waals surface area contributed by atoms with Crippen LogP contribution in [-0.2, 0) is 22.6 Å². The van der Waals surface area contributed by atoms with Crippen molar-refractivity contribution < 1.29 is 9.53 Å². The summed E-state index contributed by atoms with van der Waals surface area (Å²) in [5, 5.41) is 5.03. The number of ether oxygens (including phenoxy) is 1. The fourth-order valence-electron chi connectivity index (χ4n) is 2.66. The second-order valence-corrected chi connectivity index (χ2v) is 8.29. The number of esters is 1. The van der Waals surface area contributed by atoms with Crippen LogP contribution in [0.5, 0.6) is 0 Å². The molecule has 29 heavy (non-hydrogen) atoms. The first-order valence-corrected chi connectivity index (χ1v) is 10.6. The predicted molar refractivity (Wildman–Crippen MR) is 115 cm³/mol. The number of thiophene rings is 1. The first-order chi connectivity index (χ1) is 14.1. The zero-order valence-electron chi connectivity index (χ0n) is 15.6. The SMILES string of the molecule is CCc1nn2c(=O)cc(COC(=O)/C=C/c3ccc(-c4ccccc4)s3)nc2s1. The first-order valence-electron chi connectivity index (χ1n) is 9.01. The Kier molecular flexibility index (Phi) is 5.64. The molecule has 0 spiro atoms. The highest BCUT2D eigenvalue weighted by Crippen LogP contribution is 2.28. The van der Waals surface area contributed by atoms with Gasteiger partial charge in [0, 0.05) is 21.9 Å². The Morgan fingerprint density at radius 3 is 2.79 bits per heavy atom.